The maximum atomic E-state index is 12.8. The molecule has 0 saturated carbocycles. The number of carbonyl (C=O) groups is 2. The van der Waals surface area contributed by atoms with Crippen molar-refractivity contribution in [1.82, 2.24) is 0 Å². The highest BCUT2D eigenvalue weighted by Gasteiger charge is 2.36. The van der Waals surface area contributed by atoms with Crippen molar-refractivity contribution in [2.45, 2.75) is 31.7 Å². The second-order valence-electron chi connectivity index (χ2n) is 6.75. The van der Waals surface area contributed by atoms with Crippen molar-refractivity contribution < 1.29 is 22.7 Å². The number of sulfone groups is 1. The van der Waals surface area contributed by atoms with E-state index in [1.54, 1.807) is 24.3 Å². The molecule has 0 unspecified atom stereocenters. The molecular weight excluding hydrogens is 354 g/mol. The highest BCUT2D eigenvalue weighted by atomic mass is 32.2. The summed E-state index contributed by atoms with van der Waals surface area (Å²) in [7, 11) is -3.14. The fourth-order valence-electron chi connectivity index (χ4n) is 3.45. The van der Waals surface area contributed by atoms with Crippen LogP contribution in [0.5, 0.6) is 0 Å². The number of ether oxygens (including phenoxy) is 1. The molecule has 0 radical (unpaired) electrons. The van der Waals surface area contributed by atoms with E-state index in [2.05, 4.69) is 0 Å². The highest BCUT2D eigenvalue weighted by molar-refractivity contribution is 7.91. The summed E-state index contributed by atoms with van der Waals surface area (Å²) in [6.07, 6.45) is 6.58. The van der Waals surface area contributed by atoms with Crippen LogP contribution in [0.1, 0.15) is 25.7 Å². The summed E-state index contributed by atoms with van der Waals surface area (Å²) in [6.45, 7) is -0.371. The summed E-state index contributed by atoms with van der Waals surface area (Å²) in [4.78, 5) is 26.4. The van der Waals surface area contributed by atoms with Crippen LogP contribution in [0.3, 0.4) is 0 Å². The molecule has 1 aliphatic heterocycles. The molecule has 1 heterocycles. The Labute approximate surface area is 153 Å². The third-order valence-electron chi connectivity index (χ3n) is 4.82. The molecule has 0 N–H and O–H groups in total. The molecule has 0 aromatic heterocycles. The van der Waals surface area contributed by atoms with Gasteiger partial charge in [0.1, 0.15) is 0 Å². The zero-order chi connectivity index (χ0) is 18.6. The predicted molar refractivity (Wildman–Crippen MR) is 98.4 cm³/mol. The fraction of sp³-hybridized carbons (Fsp3) is 0.474. The molecule has 1 saturated heterocycles. The summed E-state index contributed by atoms with van der Waals surface area (Å²) in [5, 5.41) is 0. The normalized spacial score (nSPS) is 24.2. The number of anilines is 1. The number of carbonyl (C=O) groups excluding carboxylic acids is 2. The van der Waals surface area contributed by atoms with Crippen molar-refractivity contribution in [3.8, 4) is 0 Å². The van der Waals surface area contributed by atoms with E-state index in [9.17, 15) is 18.0 Å². The summed E-state index contributed by atoms with van der Waals surface area (Å²) in [5.74, 6) is -0.949. The van der Waals surface area contributed by atoms with E-state index in [0.29, 0.717) is 18.5 Å². The second-order valence-corrected chi connectivity index (χ2v) is 8.97. The molecule has 1 fully saturated rings. The van der Waals surface area contributed by atoms with Crippen LogP contribution in [-0.2, 0) is 24.2 Å². The first-order valence-corrected chi connectivity index (χ1v) is 10.7. The Kier molecular flexibility index (Phi) is 5.76. The summed E-state index contributed by atoms with van der Waals surface area (Å²) < 4.78 is 28.9. The molecule has 2 atom stereocenters. The maximum absolute atomic E-state index is 12.8. The average molecular weight is 377 g/mol. The summed E-state index contributed by atoms with van der Waals surface area (Å²) in [6, 6.07) is 8.51. The molecule has 1 aliphatic carbocycles. The number of nitrogens with zero attached hydrogens (tertiary/aromatic N) is 1. The molecular formula is C19H23NO5S. The van der Waals surface area contributed by atoms with E-state index in [1.807, 2.05) is 18.2 Å². The van der Waals surface area contributed by atoms with E-state index in [0.717, 1.165) is 12.8 Å². The van der Waals surface area contributed by atoms with Crippen molar-refractivity contribution in [3.05, 3.63) is 42.5 Å². The van der Waals surface area contributed by atoms with Crippen LogP contribution in [0.4, 0.5) is 5.69 Å². The summed E-state index contributed by atoms with van der Waals surface area (Å²) in [5.41, 5.74) is 0.622. The first-order valence-electron chi connectivity index (χ1n) is 8.85. The van der Waals surface area contributed by atoms with Gasteiger partial charge in [-0.15, -0.1) is 0 Å². The number of para-hydroxylation sites is 1. The van der Waals surface area contributed by atoms with Crippen LogP contribution >= 0.6 is 0 Å². The fourth-order valence-corrected chi connectivity index (χ4v) is 5.15. The van der Waals surface area contributed by atoms with Gasteiger partial charge in [-0.3, -0.25) is 9.59 Å². The van der Waals surface area contributed by atoms with Gasteiger partial charge in [0.25, 0.3) is 5.91 Å². The number of hydrogen-bond acceptors (Lipinski definition) is 5. The molecule has 1 amide bonds. The molecule has 0 bridgehead atoms. The average Bonchev–Trinajstić information content (AvgIpc) is 3.01. The first-order chi connectivity index (χ1) is 12.5. The van der Waals surface area contributed by atoms with Crippen LogP contribution in [0, 0.1) is 5.92 Å². The quantitative estimate of drug-likeness (QED) is 0.580. The molecule has 2 aliphatic rings. The van der Waals surface area contributed by atoms with Gasteiger partial charge in [-0.25, -0.2) is 8.42 Å². The van der Waals surface area contributed by atoms with Gasteiger partial charge < -0.3 is 9.64 Å². The molecule has 7 heteroatoms. The van der Waals surface area contributed by atoms with Gasteiger partial charge in [-0.1, -0.05) is 30.4 Å². The lowest BCUT2D eigenvalue weighted by Crippen LogP contribution is -2.43. The Hall–Kier alpha value is -2.15. The van der Waals surface area contributed by atoms with E-state index < -0.39 is 21.8 Å². The molecule has 140 valence electrons. The van der Waals surface area contributed by atoms with Crippen LogP contribution in [-0.4, -0.2) is 44.4 Å². The lowest BCUT2D eigenvalue weighted by atomic mass is 9.95. The monoisotopic (exact) mass is 377 g/mol. The van der Waals surface area contributed by atoms with Crippen LogP contribution in [0.15, 0.2) is 42.5 Å². The van der Waals surface area contributed by atoms with Gasteiger partial charge in [-0.05, 0) is 37.8 Å². The Bertz CT molecular complexity index is 787. The second kappa shape index (κ2) is 8.03. The summed E-state index contributed by atoms with van der Waals surface area (Å²) >= 11 is 0. The number of benzene rings is 1. The molecule has 0 spiro atoms. The Morgan fingerprint density at radius 2 is 1.88 bits per heavy atom. The largest absolute Gasteiger partial charge is 0.455 e. The smallest absolute Gasteiger partial charge is 0.309 e. The van der Waals surface area contributed by atoms with Crippen molar-refractivity contribution in [3.63, 3.8) is 0 Å². The number of amides is 1. The van der Waals surface area contributed by atoms with E-state index in [1.165, 1.54) is 4.90 Å². The highest BCUT2D eigenvalue weighted by Crippen LogP contribution is 2.25. The molecule has 1 aromatic rings. The Balaban J connectivity index is 1.69. The SMILES string of the molecule is O=C(OCC(=O)N(c1ccccc1)[C@H]1CCS(=O)(=O)C1)[C@H]1CC=CCC1. The van der Waals surface area contributed by atoms with Crippen molar-refractivity contribution in [2.24, 2.45) is 5.92 Å². The first kappa shape index (κ1) is 18.6. The maximum Gasteiger partial charge on any atom is 0.309 e. The molecule has 1 aromatic carbocycles. The van der Waals surface area contributed by atoms with Crippen LogP contribution < -0.4 is 4.90 Å². The number of hydrogen-bond donors (Lipinski definition) is 0. The number of rotatable bonds is 5. The van der Waals surface area contributed by atoms with Gasteiger partial charge >= 0.3 is 5.97 Å². The van der Waals surface area contributed by atoms with Crippen LogP contribution in [0.25, 0.3) is 0 Å². The van der Waals surface area contributed by atoms with Gasteiger partial charge in [0, 0.05) is 5.69 Å². The molecule has 3 rings (SSSR count). The standard InChI is InChI=1S/C19H23NO5S/c21-18(13-25-19(22)15-7-3-1-4-8-15)20(16-9-5-2-6-10-16)17-11-12-26(23,24)14-17/h1-3,5-6,9-10,15,17H,4,7-8,11-14H2/t15-,17-/m0/s1. The van der Waals surface area contributed by atoms with Gasteiger partial charge in [0.05, 0.1) is 23.5 Å². The van der Waals surface area contributed by atoms with Gasteiger partial charge in [0.2, 0.25) is 0 Å². The van der Waals surface area contributed by atoms with Crippen LogP contribution in [0.2, 0.25) is 0 Å². The zero-order valence-corrected chi connectivity index (χ0v) is 15.4. The zero-order valence-electron chi connectivity index (χ0n) is 14.5. The third kappa shape index (κ3) is 4.52. The van der Waals surface area contributed by atoms with Gasteiger partial charge in [0.15, 0.2) is 16.4 Å². The minimum absolute atomic E-state index is 0.0605. The lowest BCUT2D eigenvalue weighted by Gasteiger charge is -2.28. The van der Waals surface area contributed by atoms with E-state index in [4.69, 9.17) is 4.74 Å². The van der Waals surface area contributed by atoms with Gasteiger partial charge in [-0.2, -0.15) is 0 Å². The molecule has 6 nitrogen and oxygen atoms in total. The lowest BCUT2D eigenvalue weighted by molar-refractivity contribution is -0.152. The minimum atomic E-state index is -3.14. The van der Waals surface area contributed by atoms with E-state index in [-0.39, 0.29) is 30.0 Å². The number of esters is 1. The Morgan fingerprint density at radius 3 is 2.50 bits per heavy atom. The topological polar surface area (TPSA) is 80.8 Å². The minimum Gasteiger partial charge on any atom is -0.455 e. The van der Waals surface area contributed by atoms with Crippen molar-refractivity contribution in [1.29, 1.82) is 0 Å². The number of allylic oxidation sites excluding steroid dienone is 2. The Morgan fingerprint density at radius 1 is 1.12 bits per heavy atom. The third-order valence-corrected chi connectivity index (χ3v) is 6.57. The predicted octanol–water partition coefficient (Wildman–Crippen LogP) is 2.11. The van der Waals surface area contributed by atoms with Crippen molar-refractivity contribution in [2.75, 3.05) is 23.0 Å². The molecule has 26 heavy (non-hydrogen) atoms. The van der Waals surface area contributed by atoms with Crippen molar-refractivity contribution >= 4 is 27.4 Å². The van der Waals surface area contributed by atoms with E-state index >= 15 is 0 Å².